The summed E-state index contributed by atoms with van der Waals surface area (Å²) in [5.41, 5.74) is 0. The summed E-state index contributed by atoms with van der Waals surface area (Å²) in [6, 6.07) is 1.71. The number of rotatable bonds is 5. The van der Waals surface area contributed by atoms with E-state index in [2.05, 4.69) is 19.0 Å². The molecule has 3 heteroatoms. The normalized spacial score (nSPS) is 13.5. The molecule has 0 radical (unpaired) electrons. The molecule has 1 rings (SSSR count). The van der Waals surface area contributed by atoms with Gasteiger partial charge in [0.15, 0.2) is 5.76 Å². The number of aliphatic hydroxyl groups is 1. The van der Waals surface area contributed by atoms with Gasteiger partial charge in [0.1, 0.15) is 6.10 Å². The second-order valence-corrected chi connectivity index (χ2v) is 3.76. The Morgan fingerprint density at radius 1 is 1.46 bits per heavy atom. The summed E-state index contributed by atoms with van der Waals surface area (Å²) in [5, 5.41) is 13.1. The van der Waals surface area contributed by atoms with Crippen LogP contribution >= 0.6 is 0 Å². The average Bonchev–Trinajstić information content (AvgIpc) is 2.55. The van der Waals surface area contributed by atoms with Crippen molar-refractivity contribution in [2.45, 2.75) is 39.2 Å². The lowest BCUT2D eigenvalue weighted by atomic mass is 10.0. The molecule has 0 amide bonds. The second-order valence-electron chi connectivity index (χ2n) is 3.76. The molecule has 3 nitrogen and oxygen atoms in total. The maximum atomic E-state index is 9.59. The minimum atomic E-state index is -0.485. The number of hydrogen-bond donors (Lipinski definition) is 1. The van der Waals surface area contributed by atoms with Crippen LogP contribution in [0.1, 0.15) is 45.0 Å². The molecule has 0 saturated heterocycles. The monoisotopic (exact) mass is 183 g/mol. The van der Waals surface area contributed by atoms with Crippen LogP contribution in [0.2, 0.25) is 0 Å². The quantitative estimate of drug-likeness (QED) is 0.763. The topological polar surface area (TPSA) is 46.3 Å². The molecule has 1 unspecified atom stereocenters. The minimum absolute atomic E-state index is 0.485. The highest BCUT2D eigenvalue weighted by molar-refractivity contribution is 4.96. The van der Waals surface area contributed by atoms with Gasteiger partial charge < -0.3 is 9.63 Å². The molecule has 0 saturated carbocycles. The van der Waals surface area contributed by atoms with Crippen molar-refractivity contribution in [3.63, 3.8) is 0 Å². The van der Waals surface area contributed by atoms with Gasteiger partial charge in [0.25, 0.3) is 0 Å². The van der Waals surface area contributed by atoms with E-state index in [1.165, 1.54) is 0 Å². The van der Waals surface area contributed by atoms with Crippen LogP contribution in [0.25, 0.3) is 0 Å². The Hall–Kier alpha value is -0.830. The number of aliphatic hydroxyl groups excluding tert-OH is 1. The van der Waals surface area contributed by atoms with Crippen LogP contribution in [0.4, 0.5) is 0 Å². The Bertz CT molecular complexity index is 219. The molecule has 0 aliphatic heterocycles. The highest BCUT2D eigenvalue weighted by atomic mass is 16.5. The molecule has 0 aromatic carbocycles. The lowest BCUT2D eigenvalue weighted by Gasteiger charge is -2.07. The maximum absolute atomic E-state index is 9.59. The minimum Gasteiger partial charge on any atom is -0.385 e. The molecule has 0 aliphatic carbocycles. The largest absolute Gasteiger partial charge is 0.385 e. The molecule has 0 bridgehead atoms. The summed E-state index contributed by atoms with van der Waals surface area (Å²) in [6.45, 7) is 4.36. The Labute approximate surface area is 78.7 Å². The highest BCUT2D eigenvalue weighted by Crippen LogP contribution is 2.19. The first kappa shape index (κ1) is 10.3. The molecule has 1 aromatic heterocycles. The molecule has 74 valence electrons. The molecule has 0 spiro atoms. The third-order valence-electron chi connectivity index (χ3n) is 2.05. The van der Waals surface area contributed by atoms with Crippen molar-refractivity contribution in [3.8, 4) is 0 Å². The summed E-state index contributed by atoms with van der Waals surface area (Å²) in [4.78, 5) is 0. The van der Waals surface area contributed by atoms with E-state index in [1.54, 1.807) is 12.3 Å². The lowest BCUT2D eigenvalue weighted by Crippen LogP contribution is -1.97. The van der Waals surface area contributed by atoms with Crippen LogP contribution < -0.4 is 0 Å². The zero-order valence-electron chi connectivity index (χ0n) is 8.23. The van der Waals surface area contributed by atoms with Crippen molar-refractivity contribution in [1.82, 2.24) is 5.16 Å². The van der Waals surface area contributed by atoms with Crippen molar-refractivity contribution < 1.29 is 9.63 Å². The molecule has 1 heterocycles. The fourth-order valence-corrected chi connectivity index (χ4v) is 1.26. The van der Waals surface area contributed by atoms with Gasteiger partial charge in [0.2, 0.25) is 0 Å². The predicted octanol–water partition coefficient (Wildman–Crippen LogP) is 2.53. The first-order valence-corrected chi connectivity index (χ1v) is 4.78. The zero-order valence-corrected chi connectivity index (χ0v) is 8.23. The molecule has 13 heavy (non-hydrogen) atoms. The van der Waals surface area contributed by atoms with Gasteiger partial charge in [0, 0.05) is 6.07 Å². The van der Waals surface area contributed by atoms with Crippen molar-refractivity contribution in [1.29, 1.82) is 0 Å². The average molecular weight is 183 g/mol. The van der Waals surface area contributed by atoms with Gasteiger partial charge in [-0.25, -0.2) is 0 Å². The maximum Gasteiger partial charge on any atom is 0.165 e. The van der Waals surface area contributed by atoms with Gasteiger partial charge in [0.05, 0.1) is 6.20 Å². The van der Waals surface area contributed by atoms with Crippen molar-refractivity contribution in [3.05, 3.63) is 18.0 Å². The first-order valence-electron chi connectivity index (χ1n) is 4.78. The van der Waals surface area contributed by atoms with Crippen molar-refractivity contribution >= 4 is 0 Å². The summed E-state index contributed by atoms with van der Waals surface area (Å²) >= 11 is 0. The van der Waals surface area contributed by atoms with E-state index in [1.807, 2.05) is 0 Å². The lowest BCUT2D eigenvalue weighted by molar-refractivity contribution is 0.126. The summed E-state index contributed by atoms with van der Waals surface area (Å²) in [7, 11) is 0. The number of aromatic nitrogens is 1. The standard InChI is InChI=1S/C10H17NO2/c1-8(2)4-3-5-9(12)10-6-7-11-13-10/h6-9,12H,3-5H2,1-2H3. The summed E-state index contributed by atoms with van der Waals surface area (Å²) in [5.74, 6) is 1.27. The van der Waals surface area contributed by atoms with Gasteiger partial charge in [-0.05, 0) is 12.3 Å². The number of hydrogen-bond acceptors (Lipinski definition) is 3. The van der Waals surface area contributed by atoms with Crippen LogP contribution in [0.3, 0.4) is 0 Å². The van der Waals surface area contributed by atoms with Crippen LogP contribution in [-0.4, -0.2) is 10.3 Å². The smallest absolute Gasteiger partial charge is 0.165 e. The van der Waals surface area contributed by atoms with E-state index in [0.29, 0.717) is 11.7 Å². The van der Waals surface area contributed by atoms with Crippen LogP contribution in [-0.2, 0) is 0 Å². The zero-order chi connectivity index (χ0) is 9.68. The van der Waals surface area contributed by atoms with Gasteiger partial charge in [-0.3, -0.25) is 0 Å². The third kappa shape index (κ3) is 3.59. The van der Waals surface area contributed by atoms with Gasteiger partial charge in [-0.2, -0.15) is 0 Å². The molecular weight excluding hydrogens is 166 g/mol. The Balaban J connectivity index is 2.22. The Morgan fingerprint density at radius 2 is 2.23 bits per heavy atom. The predicted molar refractivity (Wildman–Crippen MR) is 50.2 cm³/mol. The van der Waals surface area contributed by atoms with Crippen LogP contribution in [0.5, 0.6) is 0 Å². The van der Waals surface area contributed by atoms with Gasteiger partial charge >= 0.3 is 0 Å². The molecule has 1 aromatic rings. The van der Waals surface area contributed by atoms with Crippen LogP contribution in [0, 0.1) is 5.92 Å². The highest BCUT2D eigenvalue weighted by Gasteiger charge is 2.10. The molecular formula is C10H17NO2. The molecule has 0 aliphatic rings. The van der Waals surface area contributed by atoms with Crippen LogP contribution in [0.15, 0.2) is 16.8 Å². The Morgan fingerprint density at radius 3 is 2.77 bits per heavy atom. The van der Waals surface area contributed by atoms with Crippen molar-refractivity contribution in [2.24, 2.45) is 5.92 Å². The summed E-state index contributed by atoms with van der Waals surface area (Å²) < 4.78 is 4.85. The van der Waals surface area contributed by atoms with E-state index in [9.17, 15) is 5.11 Å². The van der Waals surface area contributed by atoms with Crippen molar-refractivity contribution in [2.75, 3.05) is 0 Å². The summed E-state index contributed by atoms with van der Waals surface area (Å²) in [6.07, 6.45) is 4.00. The molecule has 0 fully saturated rings. The first-order chi connectivity index (χ1) is 6.20. The third-order valence-corrected chi connectivity index (χ3v) is 2.05. The van der Waals surface area contributed by atoms with Gasteiger partial charge in [-0.15, -0.1) is 0 Å². The SMILES string of the molecule is CC(C)CCCC(O)c1ccno1. The van der Waals surface area contributed by atoms with E-state index in [4.69, 9.17) is 4.52 Å². The van der Waals surface area contributed by atoms with Gasteiger partial charge in [-0.1, -0.05) is 31.8 Å². The second kappa shape index (κ2) is 5.02. The molecule has 1 atom stereocenters. The van der Waals surface area contributed by atoms with E-state index in [0.717, 1.165) is 19.3 Å². The fraction of sp³-hybridized carbons (Fsp3) is 0.700. The number of nitrogens with zero attached hydrogens (tertiary/aromatic N) is 1. The Kier molecular flexibility index (Phi) is 3.96. The molecule has 1 N–H and O–H groups in total. The van der Waals surface area contributed by atoms with E-state index < -0.39 is 6.10 Å². The fourth-order valence-electron chi connectivity index (χ4n) is 1.26. The van der Waals surface area contributed by atoms with E-state index in [-0.39, 0.29) is 0 Å². The van der Waals surface area contributed by atoms with E-state index >= 15 is 0 Å².